The van der Waals surface area contributed by atoms with Crippen LogP contribution in [0.3, 0.4) is 0 Å². The molecule has 2 saturated carbocycles. The van der Waals surface area contributed by atoms with Gasteiger partial charge in [-0.15, -0.1) is 11.3 Å². The van der Waals surface area contributed by atoms with E-state index in [9.17, 15) is 18.5 Å². The summed E-state index contributed by atoms with van der Waals surface area (Å²) in [5.74, 6) is -0.668. The molecule has 2 unspecified atom stereocenters. The standard InChI is InChI=1S/C30H32FN5O4S2/c1-40-24-17-33-16-23(31)25(24)29-34-26(21-4-2-3-5-22(21)28(37)35-30(18-32)10-11-30)27(41-29)19-6-8-20(9-7-19)36-12-14-42(38,39)15-13-36/h6-9,16-17,21-22H,2-5,10-15H2,1H3,(H,35,37). The normalized spacial score (nSPS) is 22.6. The van der Waals surface area contributed by atoms with E-state index in [4.69, 9.17) is 9.72 Å². The maximum Gasteiger partial charge on any atom is 0.225 e. The van der Waals surface area contributed by atoms with Gasteiger partial charge in [0.2, 0.25) is 5.91 Å². The molecular weight excluding hydrogens is 577 g/mol. The molecule has 1 aromatic carbocycles. The van der Waals surface area contributed by atoms with Gasteiger partial charge < -0.3 is 15.0 Å². The SMILES string of the molecule is COc1cncc(F)c1-c1nc(C2CCCCC2C(=O)NC2(C#N)CC2)c(-c2ccc(N3CCS(=O)(=O)CC3)cc2)s1. The summed E-state index contributed by atoms with van der Waals surface area (Å²) < 4.78 is 44.4. The lowest BCUT2D eigenvalue weighted by Crippen LogP contribution is -2.42. The summed E-state index contributed by atoms with van der Waals surface area (Å²) >= 11 is 1.35. The van der Waals surface area contributed by atoms with Crippen LogP contribution < -0.4 is 15.0 Å². The van der Waals surface area contributed by atoms with E-state index >= 15 is 4.39 Å². The molecule has 3 heterocycles. The zero-order chi connectivity index (χ0) is 29.5. The van der Waals surface area contributed by atoms with Crippen molar-refractivity contribution in [3.8, 4) is 32.8 Å². The summed E-state index contributed by atoms with van der Waals surface area (Å²) in [5.41, 5.74) is 2.03. The fourth-order valence-electron chi connectivity index (χ4n) is 5.96. The molecule has 1 N–H and O–H groups in total. The highest BCUT2D eigenvalue weighted by atomic mass is 32.2. The van der Waals surface area contributed by atoms with Gasteiger partial charge in [-0.1, -0.05) is 25.0 Å². The van der Waals surface area contributed by atoms with Crippen molar-refractivity contribution in [2.24, 2.45) is 5.92 Å². The van der Waals surface area contributed by atoms with Gasteiger partial charge in [0.15, 0.2) is 15.7 Å². The summed E-state index contributed by atoms with van der Waals surface area (Å²) in [5, 5.41) is 13.0. The molecular formula is C30H32FN5O4S2. The molecule has 12 heteroatoms. The van der Waals surface area contributed by atoms with E-state index in [0.717, 1.165) is 47.3 Å². The fourth-order valence-corrected chi connectivity index (χ4v) is 8.36. The highest BCUT2D eigenvalue weighted by Gasteiger charge is 2.47. The van der Waals surface area contributed by atoms with Gasteiger partial charge in [0.05, 0.1) is 53.2 Å². The van der Waals surface area contributed by atoms with Crippen molar-refractivity contribution >= 4 is 32.8 Å². The van der Waals surface area contributed by atoms with Crippen LogP contribution in [0.5, 0.6) is 5.75 Å². The molecule has 1 aliphatic heterocycles. The number of aromatic nitrogens is 2. The second-order valence-electron chi connectivity index (χ2n) is 11.3. The van der Waals surface area contributed by atoms with E-state index in [1.54, 1.807) is 0 Å². The highest BCUT2D eigenvalue weighted by Crippen LogP contribution is 2.48. The number of ether oxygens (including phenoxy) is 1. The number of nitrogens with zero attached hydrogens (tertiary/aromatic N) is 4. The number of nitriles is 1. The predicted octanol–water partition coefficient (Wildman–Crippen LogP) is 4.70. The first-order valence-corrected chi connectivity index (χ1v) is 16.8. The molecule has 0 bridgehead atoms. The second kappa shape index (κ2) is 11.3. The average Bonchev–Trinajstić information content (AvgIpc) is 3.64. The van der Waals surface area contributed by atoms with E-state index in [2.05, 4.69) is 21.3 Å². The van der Waals surface area contributed by atoms with Crippen LogP contribution in [-0.4, -0.2) is 61.5 Å². The number of rotatable bonds is 7. The van der Waals surface area contributed by atoms with Crippen LogP contribution in [0.15, 0.2) is 36.7 Å². The molecule has 0 radical (unpaired) electrons. The zero-order valence-corrected chi connectivity index (χ0v) is 24.9. The van der Waals surface area contributed by atoms with Crippen molar-refractivity contribution in [1.82, 2.24) is 15.3 Å². The third-order valence-corrected chi connectivity index (χ3v) is 11.3. The Morgan fingerprint density at radius 3 is 2.55 bits per heavy atom. The van der Waals surface area contributed by atoms with Gasteiger partial charge >= 0.3 is 0 Å². The summed E-state index contributed by atoms with van der Waals surface area (Å²) in [6, 6.07) is 10.2. The number of sulfone groups is 1. The number of amides is 1. The maximum atomic E-state index is 15.1. The molecule has 3 aliphatic rings. The highest BCUT2D eigenvalue weighted by molar-refractivity contribution is 7.91. The Labute approximate surface area is 248 Å². The van der Waals surface area contributed by atoms with Gasteiger partial charge in [0, 0.05) is 30.6 Å². The molecule has 9 nitrogen and oxygen atoms in total. The number of carbonyl (C=O) groups excluding carboxylic acids is 1. The van der Waals surface area contributed by atoms with Crippen molar-refractivity contribution < 1.29 is 22.3 Å². The van der Waals surface area contributed by atoms with E-state index in [1.807, 2.05) is 24.3 Å². The number of nitrogens with one attached hydrogen (secondary N) is 1. The Morgan fingerprint density at radius 1 is 1.17 bits per heavy atom. The number of halogens is 1. The Kier molecular flexibility index (Phi) is 7.66. The zero-order valence-electron chi connectivity index (χ0n) is 23.3. The van der Waals surface area contributed by atoms with Crippen molar-refractivity contribution in [3.05, 3.63) is 48.2 Å². The summed E-state index contributed by atoms with van der Waals surface area (Å²) in [4.78, 5) is 25.3. The minimum atomic E-state index is -2.99. The molecule has 42 heavy (non-hydrogen) atoms. The third kappa shape index (κ3) is 5.60. The predicted molar refractivity (Wildman–Crippen MR) is 159 cm³/mol. The number of pyridine rings is 1. The monoisotopic (exact) mass is 609 g/mol. The van der Waals surface area contributed by atoms with Crippen LogP contribution >= 0.6 is 11.3 Å². The largest absolute Gasteiger partial charge is 0.494 e. The molecule has 2 aromatic heterocycles. The van der Waals surface area contributed by atoms with E-state index in [-0.39, 0.29) is 40.6 Å². The fraction of sp³-hybridized carbons (Fsp3) is 0.467. The number of thiazole rings is 1. The van der Waals surface area contributed by atoms with E-state index < -0.39 is 21.2 Å². The number of anilines is 1. The number of carbonyl (C=O) groups is 1. The van der Waals surface area contributed by atoms with Gasteiger partial charge in [-0.2, -0.15) is 5.26 Å². The Bertz CT molecular complexity index is 1630. The first-order valence-electron chi connectivity index (χ1n) is 14.2. The number of methoxy groups -OCH3 is 1. The Balaban J connectivity index is 1.39. The van der Waals surface area contributed by atoms with Crippen LogP contribution in [0.4, 0.5) is 10.1 Å². The van der Waals surface area contributed by atoms with Crippen molar-refractivity contribution in [2.75, 3.05) is 36.6 Å². The summed E-state index contributed by atoms with van der Waals surface area (Å²) in [6.07, 6.45) is 7.21. The van der Waals surface area contributed by atoms with Crippen LogP contribution in [0.25, 0.3) is 21.0 Å². The lowest BCUT2D eigenvalue weighted by Gasteiger charge is -2.31. The van der Waals surface area contributed by atoms with Gasteiger partial charge in [-0.25, -0.2) is 17.8 Å². The second-order valence-corrected chi connectivity index (χ2v) is 14.6. The van der Waals surface area contributed by atoms with Gasteiger partial charge in [-0.05, 0) is 43.4 Å². The van der Waals surface area contributed by atoms with Gasteiger partial charge in [0.25, 0.3) is 0 Å². The van der Waals surface area contributed by atoms with Crippen LogP contribution in [0, 0.1) is 23.1 Å². The Morgan fingerprint density at radius 2 is 1.88 bits per heavy atom. The third-order valence-electron chi connectivity index (χ3n) is 8.57. The van der Waals surface area contributed by atoms with Crippen molar-refractivity contribution in [3.63, 3.8) is 0 Å². The number of hydrogen-bond donors (Lipinski definition) is 1. The quantitative estimate of drug-likeness (QED) is 0.409. The lowest BCUT2D eigenvalue weighted by atomic mass is 9.76. The van der Waals surface area contributed by atoms with Gasteiger partial charge in [-0.3, -0.25) is 9.78 Å². The minimum absolute atomic E-state index is 0.123. The molecule has 2 atom stereocenters. The number of benzene rings is 1. The minimum Gasteiger partial charge on any atom is -0.494 e. The summed E-state index contributed by atoms with van der Waals surface area (Å²) in [7, 11) is -1.53. The molecule has 220 valence electrons. The van der Waals surface area contributed by atoms with Crippen LogP contribution in [0.2, 0.25) is 0 Å². The maximum absolute atomic E-state index is 15.1. The summed E-state index contributed by atoms with van der Waals surface area (Å²) in [6.45, 7) is 0.892. The first kappa shape index (κ1) is 28.6. The molecule has 1 amide bonds. The van der Waals surface area contributed by atoms with Gasteiger partial charge in [0.1, 0.15) is 16.3 Å². The van der Waals surface area contributed by atoms with Crippen LogP contribution in [0.1, 0.15) is 50.1 Å². The first-order chi connectivity index (χ1) is 20.2. The topological polar surface area (TPSA) is 125 Å². The van der Waals surface area contributed by atoms with E-state index in [1.165, 1.54) is 24.6 Å². The van der Waals surface area contributed by atoms with Crippen molar-refractivity contribution in [1.29, 1.82) is 5.26 Å². The molecule has 0 spiro atoms. The molecule has 6 rings (SSSR count). The lowest BCUT2D eigenvalue weighted by molar-refractivity contribution is -0.127. The molecule has 3 aromatic rings. The average molecular weight is 610 g/mol. The molecule has 2 aliphatic carbocycles. The number of hydrogen-bond acceptors (Lipinski definition) is 9. The smallest absolute Gasteiger partial charge is 0.225 e. The van der Waals surface area contributed by atoms with Crippen molar-refractivity contribution in [2.45, 2.75) is 50.0 Å². The van der Waals surface area contributed by atoms with Crippen LogP contribution in [-0.2, 0) is 14.6 Å². The Hall–Kier alpha value is -3.56. The molecule has 1 saturated heterocycles. The molecule has 3 fully saturated rings. The van der Waals surface area contributed by atoms with E-state index in [0.29, 0.717) is 37.4 Å².